The van der Waals surface area contributed by atoms with Gasteiger partial charge in [-0.3, -0.25) is 0 Å². The lowest BCUT2D eigenvalue weighted by molar-refractivity contribution is 1.54. The van der Waals surface area contributed by atoms with Gasteiger partial charge < -0.3 is 0 Å². The molecular weight excluding hydrogens is 308 g/mol. The van der Waals surface area contributed by atoms with Crippen LogP contribution in [-0.4, -0.2) is 0 Å². The predicted octanol–water partition coefficient (Wildman–Crippen LogP) is 7.35. The molecule has 0 saturated carbocycles. The molecular formula is C23H18S. The van der Waals surface area contributed by atoms with Crippen molar-refractivity contribution >= 4 is 48.4 Å². The zero-order chi connectivity index (χ0) is 16.5. The van der Waals surface area contributed by atoms with Gasteiger partial charge in [0.05, 0.1) is 0 Å². The Morgan fingerprint density at radius 1 is 0.958 bits per heavy atom. The lowest BCUT2D eigenvalue weighted by Gasteiger charge is -2.00. The zero-order valence-electron chi connectivity index (χ0n) is 13.6. The van der Waals surface area contributed by atoms with E-state index in [2.05, 4.69) is 86.3 Å². The topological polar surface area (TPSA) is 0 Å². The van der Waals surface area contributed by atoms with E-state index in [1.807, 2.05) is 17.4 Å². The summed E-state index contributed by atoms with van der Waals surface area (Å²) in [5.41, 5.74) is 2.40. The van der Waals surface area contributed by atoms with Crippen LogP contribution in [0.15, 0.2) is 85.0 Å². The average Bonchev–Trinajstić information content (AvgIpc) is 2.99. The third-order valence-electron chi connectivity index (χ3n) is 4.36. The van der Waals surface area contributed by atoms with Crippen LogP contribution in [0.1, 0.15) is 12.5 Å². The Morgan fingerprint density at radius 3 is 2.71 bits per heavy atom. The second-order valence-electron chi connectivity index (χ2n) is 5.99. The van der Waals surface area contributed by atoms with E-state index in [1.54, 1.807) is 0 Å². The first kappa shape index (κ1) is 14.9. The van der Waals surface area contributed by atoms with Crippen molar-refractivity contribution in [1.82, 2.24) is 0 Å². The van der Waals surface area contributed by atoms with Crippen molar-refractivity contribution in [3.05, 3.63) is 90.5 Å². The number of rotatable bonds is 3. The van der Waals surface area contributed by atoms with E-state index in [0.717, 1.165) is 0 Å². The molecule has 116 valence electrons. The van der Waals surface area contributed by atoms with E-state index in [-0.39, 0.29) is 0 Å². The number of hydrogen-bond acceptors (Lipinski definition) is 1. The van der Waals surface area contributed by atoms with Gasteiger partial charge in [-0.05, 0) is 35.4 Å². The first-order chi connectivity index (χ1) is 11.8. The monoisotopic (exact) mass is 326 g/mol. The molecule has 1 heteroatoms. The van der Waals surface area contributed by atoms with Gasteiger partial charge in [0.1, 0.15) is 0 Å². The molecule has 0 aliphatic carbocycles. The van der Waals surface area contributed by atoms with E-state index in [1.165, 1.54) is 42.1 Å². The molecule has 0 aliphatic heterocycles. The summed E-state index contributed by atoms with van der Waals surface area (Å²) in [6.07, 6.45) is 8.18. The van der Waals surface area contributed by atoms with Gasteiger partial charge >= 0.3 is 0 Å². The lowest BCUT2D eigenvalue weighted by atomic mass is 10.0. The Kier molecular flexibility index (Phi) is 3.79. The molecule has 0 saturated heterocycles. The molecule has 3 aromatic carbocycles. The fraction of sp³-hybridized carbons (Fsp3) is 0.0435. The van der Waals surface area contributed by atoms with Crippen LogP contribution in [0.5, 0.6) is 0 Å². The molecule has 4 rings (SSSR count). The largest absolute Gasteiger partial charge is 0.135 e. The minimum Gasteiger partial charge on any atom is -0.135 e. The van der Waals surface area contributed by atoms with Crippen LogP contribution < -0.4 is 0 Å². The molecule has 0 aliphatic rings. The van der Waals surface area contributed by atoms with Crippen molar-refractivity contribution in [2.24, 2.45) is 0 Å². The van der Waals surface area contributed by atoms with Gasteiger partial charge in [0.2, 0.25) is 0 Å². The first-order valence-corrected chi connectivity index (χ1v) is 8.89. The molecule has 0 nitrogen and oxygen atoms in total. The molecule has 4 aromatic rings. The van der Waals surface area contributed by atoms with E-state index in [4.69, 9.17) is 0 Å². The number of thiophene rings is 1. The molecule has 0 unspecified atom stereocenters. The molecule has 0 spiro atoms. The molecule has 0 amide bonds. The zero-order valence-corrected chi connectivity index (χ0v) is 14.4. The van der Waals surface area contributed by atoms with Gasteiger partial charge in [0, 0.05) is 20.2 Å². The third-order valence-corrected chi connectivity index (χ3v) is 5.47. The Morgan fingerprint density at radius 2 is 1.83 bits per heavy atom. The average molecular weight is 326 g/mol. The summed E-state index contributed by atoms with van der Waals surface area (Å²) in [6, 6.07) is 19.8. The third kappa shape index (κ3) is 2.57. The Balaban J connectivity index is 1.88. The molecule has 0 atom stereocenters. The van der Waals surface area contributed by atoms with Gasteiger partial charge in [-0.2, -0.15) is 0 Å². The van der Waals surface area contributed by atoms with Gasteiger partial charge in [-0.1, -0.05) is 78.9 Å². The second-order valence-corrected chi connectivity index (χ2v) is 7.08. The maximum atomic E-state index is 3.78. The number of hydrogen-bond donors (Lipinski definition) is 0. The number of allylic oxidation sites excluding steroid dienone is 4. The van der Waals surface area contributed by atoms with E-state index >= 15 is 0 Å². The first-order valence-electron chi connectivity index (χ1n) is 8.08. The minimum absolute atomic E-state index is 1.17. The summed E-state index contributed by atoms with van der Waals surface area (Å²) < 4.78 is 2.69. The molecule has 0 radical (unpaired) electrons. The molecule has 0 bridgehead atoms. The smallest absolute Gasteiger partial charge is 0.0361 e. The van der Waals surface area contributed by atoms with Crippen molar-refractivity contribution in [2.45, 2.75) is 6.92 Å². The minimum atomic E-state index is 1.17. The van der Waals surface area contributed by atoms with Crippen LogP contribution in [-0.2, 0) is 0 Å². The van der Waals surface area contributed by atoms with Gasteiger partial charge in [-0.25, -0.2) is 0 Å². The molecule has 0 fully saturated rings. The summed E-state index contributed by atoms with van der Waals surface area (Å²) in [4.78, 5) is 0. The Labute approximate surface area is 146 Å². The maximum absolute atomic E-state index is 3.78. The number of fused-ring (bicyclic) bond motifs is 5. The van der Waals surface area contributed by atoms with Crippen LogP contribution in [0.3, 0.4) is 0 Å². The van der Waals surface area contributed by atoms with Gasteiger partial charge in [0.25, 0.3) is 0 Å². The molecule has 1 aromatic heterocycles. The van der Waals surface area contributed by atoms with Crippen LogP contribution in [0.25, 0.3) is 37.0 Å². The summed E-state index contributed by atoms with van der Waals surface area (Å²) in [5, 5.41) is 5.38. The highest BCUT2D eigenvalue weighted by atomic mass is 32.1. The second kappa shape index (κ2) is 6.10. The highest BCUT2D eigenvalue weighted by Crippen LogP contribution is 2.38. The summed E-state index contributed by atoms with van der Waals surface area (Å²) in [6.45, 7) is 5.83. The highest BCUT2D eigenvalue weighted by molar-refractivity contribution is 7.26. The van der Waals surface area contributed by atoms with Crippen molar-refractivity contribution in [2.75, 3.05) is 0 Å². The van der Waals surface area contributed by atoms with E-state index in [0.29, 0.717) is 0 Å². The summed E-state index contributed by atoms with van der Waals surface area (Å²) in [7, 11) is 0. The van der Waals surface area contributed by atoms with Crippen LogP contribution in [0.2, 0.25) is 0 Å². The fourth-order valence-corrected chi connectivity index (χ4v) is 4.22. The van der Waals surface area contributed by atoms with Crippen LogP contribution >= 0.6 is 11.3 Å². The van der Waals surface area contributed by atoms with Crippen molar-refractivity contribution in [1.29, 1.82) is 0 Å². The molecule has 0 N–H and O–H groups in total. The number of benzene rings is 3. The highest BCUT2D eigenvalue weighted by Gasteiger charge is 2.08. The SMILES string of the molecule is C=C/C(C)=C\C=C/c1ccc2c(c1)sc1ccc3ccccc3c12. The molecule has 24 heavy (non-hydrogen) atoms. The normalized spacial score (nSPS) is 12.6. The summed E-state index contributed by atoms with van der Waals surface area (Å²) in [5.74, 6) is 0. The van der Waals surface area contributed by atoms with E-state index in [9.17, 15) is 0 Å². The molecule has 1 heterocycles. The van der Waals surface area contributed by atoms with E-state index < -0.39 is 0 Å². The van der Waals surface area contributed by atoms with Gasteiger partial charge in [0.15, 0.2) is 0 Å². The fourth-order valence-electron chi connectivity index (χ4n) is 3.05. The Hall–Kier alpha value is -2.64. The standard InChI is InChI=1S/C23H18S/c1-3-16(2)7-6-8-17-11-13-20-22(15-17)24-21-14-12-18-9-4-5-10-19(18)23(20)21/h3-15H,1H2,2H3/b8-6-,16-7-. The van der Waals surface area contributed by atoms with Crippen molar-refractivity contribution in [3.8, 4) is 0 Å². The van der Waals surface area contributed by atoms with Crippen LogP contribution in [0, 0.1) is 0 Å². The quantitative estimate of drug-likeness (QED) is 0.345. The maximum Gasteiger partial charge on any atom is 0.0361 e. The lowest BCUT2D eigenvalue weighted by Crippen LogP contribution is -1.74. The van der Waals surface area contributed by atoms with Crippen molar-refractivity contribution in [3.63, 3.8) is 0 Å². The van der Waals surface area contributed by atoms with Gasteiger partial charge in [-0.15, -0.1) is 11.3 Å². The Bertz CT molecular complexity index is 1120. The predicted molar refractivity (Wildman–Crippen MR) is 110 cm³/mol. The summed E-state index contributed by atoms with van der Waals surface area (Å²) >= 11 is 1.87. The van der Waals surface area contributed by atoms with Crippen LogP contribution in [0.4, 0.5) is 0 Å². The van der Waals surface area contributed by atoms with Crippen molar-refractivity contribution < 1.29 is 0 Å².